The lowest BCUT2D eigenvalue weighted by Gasteiger charge is -2.15. The topological polar surface area (TPSA) is 69.6 Å². The SMILES string of the molecule is CC(CC(F)(F)F)n1nnnc1-c1ccc(N)c(F)c1. The first kappa shape index (κ1) is 14.2. The maximum Gasteiger partial charge on any atom is 0.391 e. The van der Waals surface area contributed by atoms with Gasteiger partial charge in [-0.1, -0.05) is 0 Å². The number of hydrogen-bond donors (Lipinski definition) is 1. The van der Waals surface area contributed by atoms with Crippen molar-refractivity contribution in [3.63, 3.8) is 0 Å². The third-order valence-electron chi connectivity index (χ3n) is 2.70. The van der Waals surface area contributed by atoms with E-state index in [1.807, 2.05) is 0 Å². The molecule has 1 atom stereocenters. The zero-order valence-electron chi connectivity index (χ0n) is 10.4. The van der Waals surface area contributed by atoms with Gasteiger partial charge >= 0.3 is 6.18 Å². The molecule has 20 heavy (non-hydrogen) atoms. The number of halogens is 4. The Morgan fingerprint density at radius 3 is 2.65 bits per heavy atom. The highest BCUT2D eigenvalue weighted by Gasteiger charge is 2.32. The lowest BCUT2D eigenvalue weighted by Crippen LogP contribution is -2.18. The second-order valence-corrected chi connectivity index (χ2v) is 4.35. The van der Waals surface area contributed by atoms with Gasteiger partial charge in [0.05, 0.1) is 18.2 Å². The van der Waals surface area contributed by atoms with Crippen molar-refractivity contribution in [1.29, 1.82) is 0 Å². The van der Waals surface area contributed by atoms with Gasteiger partial charge in [-0.3, -0.25) is 0 Å². The molecule has 0 saturated heterocycles. The van der Waals surface area contributed by atoms with Crippen LogP contribution in [-0.4, -0.2) is 26.4 Å². The molecule has 5 nitrogen and oxygen atoms in total. The summed E-state index contributed by atoms with van der Waals surface area (Å²) in [5, 5.41) is 10.5. The third-order valence-corrected chi connectivity index (χ3v) is 2.70. The number of nitrogens with two attached hydrogens (primary N) is 1. The lowest BCUT2D eigenvalue weighted by molar-refractivity contribution is -0.142. The monoisotopic (exact) mass is 289 g/mol. The van der Waals surface area contributed by atoms with Crippen molar-refractivity contribution in [1.82, 2.24) is 20.2 Å². The van der Waals surface area contributed by atoms with E-state index in [9.17, 15) is 17.6 Å². The standard InChI is InChI=1S/C11H11F4N5/c1-6(5-11(13,14)15)20-10(17-18-19-20)7-2-3-9(16)8(12)4-7/h2-4,6H,5,16H2,1H3. The molecule has 0 fully saturated rings. The number of tetrazole rings is 1. The van der Waals surface area contributed by atoms with Crippen molar-refractivity contribution in [3.05, 3.63) is 24.0 Å². The van der Waals surface area contributed by atoms with Crippen LogP contribution in [0.1, 0.15) is 19.4 Å². The van der Waals surface area contributed by atoms with Crippen LogP contribution in [0.25, 0.3) is 11.4 Å². The Kier molecular flexibility index (Phi) is 3.60. The van der Waals surface area contributed by atoms with Crippen LogP contribution < -0.4 is 5.73 Å². The van der Waals surface area contributed by atoms with Crippen LogP contribution in [-0.2, 0) is 0 Å². The molecule has 9 heteroatoms. The fraction of sp³-hybridized carbons (Fsp3) is 0.364. The predicted octanol–water partition coefficient (Wildman–Crippen LogP) is 2.57. The van der Waals surface area contributed by atoms with Gasteiger partial charge in [-0.2, -0.15) is 13.2 Å². The van der Waals surface area contributed by atoms with Crippen molar-refractivity contribution in [2.24, 2.45) is 0 Å². The average Bonchev–Trinajstić information content (AvgIpc) is 2.79. The average molecular weight is 289 g/mol. The van der Waals surface area contributed by atoms with Crippen molar-refractivity contribution in [2.75, 3.05) is 5.73 Å². The van der Waals surface area contributed by atoms with E-state index in [4.69, 9.17) is 5.73 Å². The summed E-state index contributed by atoms with van der Waals surface area (Å²) in [6, 6.07) is 2.83. The number of rotatable bonds is 3. The minimum Gasteiger partial charge on any atom is -0.396 e. The number of alkyl halides is 3. The first-order chi connectivity index (χ1) is 9.28. The normalized spacial score (nSPS) is 13.4. The van der Waals surface area contributed by atoms with Crippen molar-refractivity contribution in [3.8, 4) is 11.4 Å². The first-order valence-corrected chi connectivity index (χ1v) is 5.68. The third kappa shape index (κ3) is 3.03. The Bertz CT molecular complexity index is 607. The van der Waals surface area contributed by atoms with Gasteiger partial charge in [0.15, 0.2) is 5.82 Å². The molecule has 0 aliphatic heterocycles. The van der Waals surface area contributed by atoms with E-state index in [0.717, 1.165) is 10.7 Å². The van der Waals surface area contributed by atoms with Gasteiger partial charge in [0.1, 0.15) is 5.82 Å². The number of benzene rings is 1. The Hall–Kier alpha value is -2.19. The van der Waals surface area contributed by atoms with E-state index in [1.54, 1.807) is 0 Å². The first-order valence-electron chi connectivity index (χ1n) is 5.68. The van der Waals surface area contributed by atoms with E-state index in [1.165, 1.54) is 19.1 Å². The van der Waals surface area contributed by atoms with Crippen molar-refractivity contribution < 1.29 is 17.6 Å². The van der Waals surface area contributed by atoms with Gasteiger partial charge in [0.2, 0.25) is 0 Å². The van der Waals surface area contributed by atoms with Gasteiger partial charge in [-0.15, -0.1) is 5.10 Å². The second kappa shape index (κ2) is 5.06. The molecule has 0 aliphatic rings. The molecule has 0 bridgehead atoms. The molecule has 1 aromatic carbocycles. The molecule has 108 valence electrons. The van der Waals surface area contributed by atoms with Gasteiger partial charge in [-0.25, -0.2) is 9.07 Å². The predicted molar refractivity (Wildman–Crippen MR) is 63.0 cm³/mol. The molecular weight excluding hydrogens is 278 g/mol. The zero-order chi connectivity index (χ0) is 14.9. The number of nitrogens with zero attached hydrogens (tertiary/aromatic N) is 4. The number of hydrogen-bond acceptors (Lipinski definition) is 4. The Morgan fingerprint density at radius 1 is 1.35 bits per heavy atom. The van der Waals surface area contributed by atoms with E-state index >= 15 is 0 Å². The Balaban J connectivity index is 2.35. The molecule has 2 N–H and O–H groups in total. The Morgan fingerprint density at radius 2 is 2.05 bits per heavy atom. The maximum atomic E-state index is 13.4. The molecule has 1 unspecified atom stereocenters. The summed E-state index contributed by atoms with van der Waals surface area (Å²) in [4.78, 5) is 0. The van der Waals surface area contributed by atoms with Gasteiger partial charge in [0.25, 0.3) is 0 Å². The second-order valence-electron chi connectivity index (χ2n) is 4.35. The number of anilines is 1. The van der Waals surface area contributed by atoms with Crippen LogP contribution >= 0.6 is 0 Å². The van der Waals surface area contributed by atoms with Crippen LogP contribution in [0.5, 0.6) is 0 Å². The van der Waals surface area contributed by atoms with Crippen LogP contribution in [0.4, 0.5) is 23.2 Å². The summed E-state index contributed by atoms with van der Waals surface area (Å²) < 4.78 is 51.6. The summed E-state index contributed by atoms with van der Waals surface area (Å²) in [5.41, 5.74) is 5.54. The molecule has 2 aromatic rings. The molecule has 2 rings (SSSR count). The molecule has 0 saturated carbocycles. The fourth-order valence-electron chi connectivity index (χ4n) is 1.77. The summed E-state index contributed by atoms with van der Waals surface area (Å²) >= 11 is 0. The minimum atomic E-state index is -4.34. The van der Waals surface area contributed by atoms with Crippen LogP contribution in [0.2, 0.25) is 0 Å². The number of nitrogen functional groups attached to an aromatic ring is 1. The van der Waals surface area contributed by atoms with Gasteiger partial charge in [-0.05, 0) is 35.5 Å². The quantitative estimate of drug-likeness (QED) is 0.696. The minimum absolute atomic E-state index is 0.0562. The fourth-order valence-corrected chi connectivity index (χ4v) is 1.77. The summed E-state index contributed by atoms with van der Waals surface area (Å²) in [7, 11) is 0. The smallest absolute Gasteiger partial charge is 0.391 e. The Labute approximate surface area is 111 Å². The number of aromatic nitrogens is 4. The molecule has 0 spiro atoms. The van der Waals surface area contributed by atoms with Crippen LogP contribution in [0.15, 0.2) is 18.2 Å². The highest BCUT2D eigenvalue weighted by atomic mass is 19.4. The van der Waals surface area contributed by atoms with E-state index < -0.39 is 24.5 Å². The van der Waals surface area contributed by atoms with Gasteiger partial charge < -0.3 is 5.73 Å². The summed E-state index contributed by atoms with van der Waals surface area (Å²) in [5.74, 6) is -0.624. The van der Waals surface area contributed by atoms with Crippen molar-refractivity contribution >= 4 is 5.69 Å². The van der Waals surface area contributed by atoms with Crippen LogP contribution in [0, 0.1) is 5.82 Å². The molecule has 1 aromatic heterocycles. The maximum absolute atomic E-state index is 13.4. The molecule has 0 radical (unpaired) electrons. The summed E-state index contributed by atoms with van der Waals surface area (Å²) in [6.07, 6.45) is -5.42. The van der Waals surface area contributed by atoms with Crippen LogP contribution in [0.3, 0.4) is 0 Å². The summed E-state index contributed by atoms with van der Waals surface area (Å²) in [6.45, 7) is 1.33. The highest BCUT2D eigenvalue weighted by molar-refractivity contribution is 5.59. The van der Waals surface area contributed by atoms with E-state index in [2.05, 4.69) is 15.5 Å². The highest BCUT2D eigenvalue weighted by Crippen LogP contribution is 2.29. The zero-order valence-corrected chi connectivity index (χ0v) is 10.4. The molecular formula is C11H11F4N5. The van der Waals surface area contributed by atoms with E-state index in [-0.39, 0.29) is 17.1 Å². The van der Waals surface area contributed by atoms with Gasteiger partial charge in [0, 0.05) is 5.56 Å². The lowest BCUT2D eigenvalue weighted by atomic mass is 10.1. The molecule has 0 aliphatic carbocycles. The molecule has 1 heterocycles. The largest absolute Gasteiger partial charge is 0.396 e. The van der Waals surface area contributed by atoms with E-state index in [0.29, 0.717) is 0 Å². The molecule has 0 amide bonds. The van der Waals surface area contributed by atoms with Crippen molar-refractivity contribution in [2.45, 2.75) is 25.6 Å².